The maximum absolute atomic E-state index is 10.9. The van der Waals surface area contributed by atoms with Gasteiger partial charge in [-0.3, -0.25) is 14.9 Å². The Kier molecular flexibility index (Phi) is 5.49. The average molecular weight is 300 g/mol. The van der Waals surface area contributed by atoms with Crippen molar-refractivity contribution < 1.29 is 19.9 Å². The smallest absolute Gasteiger partial charge is 0.292 e. The molecule has 7 nitrogen and oxygen atoms in total. The highest BCUT2D eigenvalue weighted by Gasteiger charge is 2.23. The van der Waals surface area contributed by atoms with Crippen molar-refractivity contribution in [3.63, 3.8) is 0 Å². The van der Waals surface area contributed by atoms with E-state index in [4.69, 9.17) is 5.73 Å². The van der Waals surface area contributed by atoms with Gasteiger partial charge >= 0.3 is 0 Å². The predicted molar refractivity (Wildman–Crippen MR) is 76.4 cm³/mol. The van der Waals surface area contributed by atoms with Crippen molar-refractivity contribution in [2.75, 3.05) is 11.5 Å². The Morgan fingerprint density at radius 2 is 2.10 bits per heavy atom. The van der Waals surface area contributed by atoms with Gasteiger partial charge in [0.05, 0.1) is 11.0 Å². The molecule has 0 saturated carbocycles. The first-order chi connectivity index (χ1) is 9.23. The van der Waals surface area contributed by atoms with E-state index in [9.17, 15) is 25.1 Å². The monoisotopic (exact) mass is 300 g/mol. The molecule has 1 rings (SSSR count). The van der Waals surface area contributed by atoms with Crippen molar-refractivity contribution in [3.05, 3.63) is 33.4 Å². The minimum Gasteiger partial charge on any atom is -0.393 e. The molecular formula is C12H16N2O5S. The van der Waals surface area contributed by atoms with Gasteiger partial charge in [-0.25, -0.2) is 0 Å². The fraction of sp³-hybridized carbons (Fsp3) is 0.417. The minimum atomic E-state index is -1.32. The number of rotatable bonds is 5. The quantitative estimate of drug-likeness (QED) is 0.423. The molecule has 110 valence electrons. The fourth-order valence-corrected chi connectivity index (χ4v) is 2.23. The van der Waals surface area contributed by atoms with Gasteiger partial charge in [0.15, 0.2) is 5.12 Å². The van der Waals surface area contributed by atoms with Crippen LogP contribution in [0, 0.1) is 17.0 Å². The second-order valence-electron chi connectivity index (χ2n) is 4.34. The number of hydrogen-bond donors (Lipinski definition) is 3. The zero-order valence-corrected chi connectivity index (χ0v) is 11.9. The Morgan fingerprint density at radius 3 is 2.60 bits per heavy atom. The van der Waals surface area contributed by atoms with E-state index in [0.717, 1.165) is 17.8 Å². The number of aliphatic hydroxyl groups excluding tert-OH is 2. The van der Waals surface area contributed by atoms with Gasteiger partial charge < -0.3 is 15.9 Å². The van der Waals surface area contributed by atoms with Gasteiger partial charge in [0.1, 0.15) is 11.8 Å². The van der Waals surface area contributed by atoms with Crippen LogP contribution in [0.15, 0.2) is 12.1 Å². The summed E-state index contributed by atoms with van der Waals surface area (Å²) in [5.41, 5.74) is 5.94. The number of carbonyl (C=O) groups is 1. The normalized spacial score (nSPS) is 13.8. The molecule has 4 N–H and O–H groups in total. The molecule has 0 aliphatic rings. The van der Waals surface area contributed by atoms with Crippen LogP contribution >= 0.6 is 11.8 Å². The van der Waals surface area contributed by atoms with Crippen LogP contribution in [0.4, 0.5) is 11.4 Å². The van der Waals surface area contributed by atoms with Crippen LogP contribution in [0.25, 0.3) is 0 Å². The average Bonchev–Trinajstić information content (AvgIpc) is 2.37. The van der Waals surface area contributed by atoms with Gasteiger partial charge in [-0.05, 0) is 18.1 Å². The van der Waals surface area contributed by atoms with Crippen LogP contribution in [0.5, 0.6) is 0 Å². The van der Waals surface area contributed by atoms with Crippen molar-refractivity contribution in [2.24, 2.45) is 0 Å². The summed E-state index contributed by atoms with van der Waals surface area (Å²) in [6, 6.07) is 2.61. The summed E-state index contributed by atoms with van der Waals surface area (Å²) in [6.45, 7) is 2.93. The lowest BCUT2D eigenvalue weighted by Crippen LogP contribution is -2.21. The van der Waals surface area contributed by atoms with E-state index in [1.807, 2.05) is 0 Å². The van der Waals surface area contributed by atoms with Gasteiger partial charge in [0.25, 0.3) is 5.69 Å². The molecule has 0 spiro atoms. The molecule has 0 saturated heterocycles. The molecule has 0 amide bonds. The minimum absolute atomic E-state index is 0.00766. The zero-order chi connectivity index (χ0) is 15.4. The molecule has 0 aromatic heterocycles. The molecule has 2 unspecified atom stereocenters. The van der Waals surface area contributed by atoms with E-state index in [2.05, 4.69) is 0 Å². The third kappa shape index (κ3) is 3.92. The lowest BCUT2D eigenvalue weighted by Gasteiger charge is -2.18. The first-order valence-electron chi connectivity index (χ1n) is 5.78. The summed E-state index contributed by atoms with van der Waals surface area (Å²) >= 11 is 0.873. The summed E-state index contributed by atoms with van der Waals surface area (Å²) in [6.07, 6.45) is -2.52. The molecule has 0 bridgehead atoms. The summed E-state index contributed by atoms with van der Waals surface area (Å²) in [5.74, 6) is 0.00766. The van der Waals surface area contributed by atoms with Gasteiger partial charge in [0.2, 0.25) is 0 Å². The Hall–Kier alpha value is -1.64. The topological polar surface area (TPSA) is 127 Å². The van der Waals surface area contributed by atoms with Crippen molar-refractivity contribution in [1.82, 2.24) is 0 Å². The molecule has 0 aliphatic heterocycles. The summed E-state index contributed by atoms with van der Waals surface area (Å²) < 4.78 is 0. The number of aliphatic hydroxyl groups is 2. The standard InChI is InChI=1S/C12H16N2O5S/c1-6-3-8(4-9(11(6)13)14(18)19)12(17)10(16)5-20-7(2)15/h3-4,10,12,16-17H,5,13H2,1-2H3. The number of thioether (sulfide) groups is 1. The van der Waals surface area contributed by atoms with Crippen molar-refractivity contribution in [2.45, 2.75) is 26.1 Å². The number of carbonyl (C=O) groups excluding carboxylic acids is 1. The Bertz CT molecular complexity index is 535. The van der Waals surface area contributed by atoms with Crippen LogP contribution in [0.1, 0.15) is 24.2 Å². The van der Waals surface area contributed by atoms with E-state index >= 15 is 0 Å². The third-order valence-corrected chi connectivity index (χ3v) is 3.66. The zero-order valence-electron chi connectivity index (χ0n) is 11.1. The Morgan fingerprint density at radius 1 is 1.50 bits per heavy atom. The number of nitro benzene ring substituents is 1. The number of nitrogens with two attached hydrogens (primary N) is 1. The lowest BCUT2D eigenvalue weighted by atomic mass is 10.0. The van der Waals surface area contributed by atoms with E-state index in [-0.39, 0.29) is 27.8 Å². The van der Waals surface area contributed by atoms with E-state index in [1.54, 1.807) is 6.92 Å². The number of nitrogens with zero attached hydrogens (tertiary/aromatic N) is 1. The molecule has 0 aliphatic carbocycles. The number of anilines is 1. The Labute approximate surface area is 119 Å². The molecule has 20 heavy (non-hydrogen) atoms. The van der Waals surface area contributed by atoms with Crippen LogP contribution in [0.3, 0.4) is 0 Å². The molecular weight excluding hydrogens is 284 g/mol. The fourth-order valence-electron chi connectivity index (χ4n) is 1.64. The van der Waals surface area contributed by atoms with Crippen LogP contribution in [-0.2, 0) is 4.79 Å². The van der Waals surface area contributed by atoms with Gasteiger partial charge in [-0.2, -0.15) is 0 Å². The highest BCUT2D eigenvalue weighted by Crippen LogP contribution is 2.31. The second kappa shape index (κ2) is 6.69. The number of benzene rings is 1. The van der Waals surface area contributed by atoms with E-state index < -0.39 is 17.1 Å². The summed E-state index contributed by atoms with van der Waals surface area (Å²) in [7, 11) is 0. The van der Waals surface area contributed by atoms with Crippen LogP contribution < -0.4 is 5.73 Å². The van der Waals surface area contributed by atoms with Crippen molar-refractivity contribution >= 4 is 28.3 Å². The van der Waals surface area contributed by atoms with E-state index in [1.165, 1.54) is 13.0 Å². The van der Waals surface area contributed by atoms with Gasteiger partial charge in [-0.15, -0.1) is 0 Å². The predicted octanol–water partition coefficient (Wildman–Crippen LogP) is 1.16. The lowest BCUT2D eigenvalue weighted by molar-refractivity contribution is -0.384. The molecule has 0 heterocycles. The highest BCUT2D eigenvalue weighted by molar-refractivity contribution is 8.13. The van der Waals surface area contributed by atoms with Crippen LogP contribution in [-0.4, -0.2) is 32.1 Å². The maximum atomic E-state index is 10.9. The number of hydrogen-bond acceptors (Lipinski definition) is 7. The maximum Gasteiger partial charge on any atom is 0.292 e. The second-order valence-corrected chi connectivity index (χ2v) is 5.54. The molecule has 1 aromatic carbocycles. The SMILES string of the molecule is CC(=O)SCC(O)C(O)c1cc(C)c(N)c([N+](=O)[O-])c1. The van der Waals surface area contributed by atoms with Gasteiger partial charge in [0, 0.05) is 18.7 Å². The van der Waals surface area contributed by atoms with Crippen molar-refractivity contribution in [1.29, 1.82) is 0 Å². The highest BCUT2D eigenvalue weighted by atomic mass is 32.2. The number of aryl methyl sites for hydroxylation is 1. The molecule has 8 heteroatoms. The Balaban J connectivity index is 3.01. The first-order valence-corrected chi connectivity index (χ1v) is 6.76. The summed E-state index contributed by atoms with van der Waals surface area (Å²) in [5, 5.41) is 30.5. The van der Waals surface area contributed by atoms with E-state index in [0.29, 0.717) is 5.56 Å². The molecule has 0 radical (unpaired) electrons. The third-order valence-electron chi connectivity index (χ3n) is 2.75. The molecule has 2 atom stereocenters. The first kappa shape index (κ1) is 16.4. The number of nitrogen functional groups attached to an aromatic ring is 1. The van der Waals surface area contributed by atoms with Crippen molar-refractivity contribution in [3.8, 4) is 0 Å². The molecule has 1 aromatic rings. The largest absolute Gasteiger partial charge is 0.393 e. The van der Waals surface area contributed by atoms with Gasteiger partial charge in [-0.1, -0.05) is 17.8 Å². The van der Waals surface area contributed by atoms with Crippen LogP contribution in [0.2, 0.25) is 0 Å². The molecule has 0 fully saturated rings. The summed E-state index contributed by atoms with van der Waals surface area (Å²) in [4.78, 5) is 21.0. The number of nitro groups is 1.